The first-order chi connectivity index (χ1) is 9.47. The van der Waals surface area contributed by atoms with Crippen molar-refractivity contribution in [1.82, 2.24) is 10.1 Å². The largest absolute Gasteiger partial charge is 0.612 e. The predicted molar refractivity (Wildman–Crippen MR) is 74.6 cm³/mol. The highest BCUT2D eigenvalue weighted by Crippen LogP contribution is 2.18. The molecule has 106 valence electrons. The molecule has 1 unspecified atom stereocenters. The highest BCUT2D eigenvalue weighted by molar-refractivity contribution is 7.90. The fourth-order valence-electron chi connectivity index (χ4n) is 1.66. The Balaban J connectivity index is 2.24. The van der Waals surface area contributed by atoms with Crippen LogP contribution in [0.2, 0.25) is 0 Å². The van der Waals surface area contributed by atoms with E-state index in [-0.39, 0.29) is 12.6 Å². The van der Waals surface area contributed by atoms with Gasteiger partial charge in [0.15, 0.2) is 4.90 Å². The van der Waals surface area contributed by atoms with Gasteiger partial charge < -0.3 is 14.4 Å². The normalized spacial score (nSPS) is 12.2. The molecule has 2 aromatic rings. The average Bonchev–Trinajstić information content (AvgIpc) is 2.78. The zero-order valence-corrected chi connectivity index (χ0v) is 11.9. The van der Waals surface area contributed by atoms with Crippen molar-refractivity contribution in [1.29, 1.82) is 0 Å². The van der Waals surface area contributed by atoms with E-state index >= 15 is 0 Å². The van der Waals surface area contributed by atoms with E-state index in [0.29, 0.717) is 16.0 Å². The Morgan fingerprint density at radius 2 is 2.05 bits per heavy atom. The Morgan fingerprint density at radius 3 is 2.60 bits per heavy atom. The van der Waals surface area contributed by atoms with Crippen molar-refractivity contribution in [2.24, 2.45) is 0 Å². The SMILES string of the molecule is CC(=O)NCn1cc(-c2ccc([S+](C)[O-])cc2)c(=O)o1. The highest BCUT2D eigenvalue weighted by Gasteiger charge is 2.11. The van der Waals surface area contributed by atoms with E-state index in [4.69, 9.17) is 4.52 Å². The molecule has 1 aromatic carbocycles. The summed E-state index contributed by atoms with van der Waals surface area (Å²) in [4.78, 5) is 23.2. The van der Waals surface area contributed by atoms with Crippen LogP contribution >= 0.6 is 0 Å². The molecular weight excluding hydrogens is 280 g/mol. The summed E-state index contributed by atoms with van der Waals surface area (Å²) in [5.74, 6) is -0.210. The fraction of sp³-hybridized carbons (Fsp3) is 0.231. The number of nitrogens with zero attached hydrogens (tertiary/aromatic N) is 1. The van der Waals surface area contributed by atoms with Gasteiger partial charge in [-0.1, -0.05) is 0 Å². The molecule has 1 aromatic heterocycles. The van der Waals surface area contributed by atoms with Gasteiger partial charge in [0.25, 0.3) is 0 Å². The van der Waals surface area contributed by atoms with E-state index < -0.39 is 16.8 Å². The topological polar surface area (TPSA) is 87.3 Å². The van der Waals surface area contributed by atoms with Crippen molar-refractivity contribution in [3.05, 3.63) is 40.9 Å². The predicted octanol–water partition coefficient (Wildman–Crippen LogP) is 0.939. The van der Waals surface area contributed by atoms with E-state index in [1.165, 1.54) is 17.9 Å². The molecule has 0 aliphatic carbocycles. The summed E-state index contributed by atoms with van der Waals surface area (Å²) >= 11 is -1.06. The Labute approximate surface area is 118 Å². The van der Waals surface area contributed by atoms with E-state index in [0.717, 1.165) is 0 Å². The lowest BCUT2D eigenvalue weighted by molar-refractivity contribution is -0.119. The first-order valence-corrected chi connectivity index (χ1v) is 7.42. The number of amides is 1. The second kappa shape index (κ2) is 5.98. The molecule has 1 amide bonds. The number of hydrogen-bond acceptors (Lipinski definition) is 4. The molecule has 0 bridgehead atoms. The van der Waals surface area contributed by atoms with Gasteiger partial charge in [0, 0.05) is 6.92 Å². The number of hydrogen-bond donors (Lipinski definition) is 1. The lowest BCUT2D eigenvalue weighted by Gasteiger charge is -2.03. The van der Waals surface area contributed by atoms with Crippen molar-refractivity contribution in [2.45, 2.75) is 18.5 Å². The van der Waals surface area contributed by atoms with Gasteiger partial charge in [0.1, 0.15) is 12.9 Å². The fourth-order valence-corrected chi connectivity index (χ4v) is 2.18. The molecule has 1 N–H and O–H groups in total. The number of aromatic nitrogens is 1. The summed E-state index contributed by atoms with van der Waals surface area (Å²) in [6.45, 7) is 1.48. The Hall–Kier alpha value is -1.99. The van der Waals surface area contributed by atoms with Crippen molar-refractivity contribution in [3.63, 3.8) is 0 Å². The molecule has 6 nitrogen and oxygen atoms in total. The van der Waals surface area contributed by atoms with E-state index in [1.54, 1.807) is 30.5 Å². The van der Waals surface area contributed by atoms with Crippen LogP contribution < -0.4 is 10.9 Å². The van der Waals surface area contributed by atoms with Crippen LogP contribution in [0, 0.1) is 0 Å². The quantitative estimate of drug-likeness (QED) is 0.850. The molecule has 1 heterocycles. The Kier molecular flexibility index (Phi) is 4.31. The van der Waals surface area contributed by atoms with Gasteiger partial charge in [0.05, 0.1) is 11.8 Å². The second-order valence-electron chi connectivity index (χ2n) is 4.21. The molecular formula is C13H14N2O4S. The average molecular weight is 294 g/mol. The zero-order valence-electron chi connectivity index (χ0n) is 11.1. The minimum atomic E-state index is -1.06. The molecule has 0 saturated heterocycles. The van der Waals surface area contributed by atoms with E-state index in [1.807, 2.05) is 0 Å². The summed E-state index contributed by atoms with van der Waals surface area (Å²) in [6, 6.07) is 6.84. The maximum atomic E-state index is 11.7. The van der Waals surface area contributed by atoms with E-state index in [9.17, 15) is 14.1 Å². The first-order valence-electron chi connectivity index (χ1n) is 5.86. The molecule has 0 saturated carbocycles. The molecule has 1 atom stereocenters. The lowest BCUT2D eigenvalue weighted by Crippen LogP contribution is -2.22. The lowest BCUT2D eigenvalue weighted by atomic mass is 10.1. The molecule has 20 heavy (non-hydrogen) atoms. The van der Waals surface area contributed by atoms with Crippen LogP contribution in [0.1, 0.15) is 6.92 Å². The van der Waals surface area contributed by atoms with Gasteiger partial charge in [-0.2, -0.15) is 4.74 Å². The maximum Gasteiger partial charge on any atom is 0.365 e. The number of carbonyl (C=O) groups is 1. The summed E-state index contributed by atoms with van der Waals surface area (Å²) in [7, 11) is 0. The summed E-state index contributed by atoms with van der Waals surface area (Å²) in [6.07, 6.45) is 3.11. The van der Waals surface area contributed by atoms with Crippen LogP contribution in [0.3, 0.4) is 0 Å². The number of carbonyl (C=O) groups excluding carboxylic acids is 1. The first kappa shape index (κ1) is 14.4. The van der Waals surface area contributed by atoms with Gasteiger partial charge in [0.2, 0.25) is 5.91 Å². The zero-order chi connectivity index (χ0) is 14.7. The van der Waals surface area contributed by atoms with Crippen molar-refractivity contribution < 1.29 is 13.9 Å². The van der Waals surface area contributed by atoms with E-state index in [2.05, 4.69) is 5.32 Å². The van der Waals surface area contributed by atoms with Gasteiger partial charge in [-0.15, -0.1) is 0 Å². The Morgan fingerprint density at radius 1 is 1.40 bits per heavy atom. The minimum Gasteiger partial charge on any atom is -0.612 e. The molecule has 0 aliphatic heterocycles. The third kappa shape index (κ3) is 3.31. The minimum absolute atomic E-state index is 0.0988. The summed E-state index contributed by atoms with van der Waals surface area (Å²) < 4.78 is 17.5. The summed E-state index contributed by atoms with van der Waals surface area (Å²) in [5, 5.41) is 2.53. The van der Waals surface area contributed by atoms with Crippen LogP contribution in [-0.2, 0) is 22.6 Å². The molecule has 0 fully saturated rings. The number of benzene rings is 1. The standard InChI is InChI=1S/C13H14N2O4S/c1-9(16)14-8-15-7-12(13(17)19-15)10-3-5-11(6-4-10)20(2)18/h3-7H,8H2,1-2H3,(H,14,16). The second-order valence-corrected chi connectivity index (χ2v) is 5.59. The van der Waals surface area contributed by atoms with Crippen molar-refractivity contribution in [3.8, 4) is 11.1 Å². The molecule has 2 rings (SSSR count). The van der Waals surface area contributed by atoms with Crippen LogP contribution in [-0.4, -0.2) is 21.5 Å². The van der Waals surface area contributed by atoms with Crippen LogP contribution in [0.25, 0.3) is 11.1 Å². The van der Waals surface area contributed by atoms with Gasteiger partial charge in [-0.3, -0.25) is 4.79 Å². The number of rotatable bonds is 4. The van der Waals surface area contributed by atoms with Crippen molar-refractivity contribution in [2.75, 3.05) is 6.26 Å². The summed E-state index contributed by atoms with van der Waals surface area (Å²) in [5.41, 5.74) is 0.582. The Bertz CT molecular complexity index is 658. The smallest absolute Gasteiger partial charge is 0.365 e. The van der Waals surface area contributed by atoms with Gasteiger partial charge >= 0.3 is 5.63 Å². The number of nitrogens with one attached hydrogen (secondary N) is 1. The van der Waals surface area contributed by atoms with Crippen LogP contribution in [0.5, 0.6) is 0 Å². The molecule has 0 spiro atoms. The maximum absolute atomic E-state index is 11.7. The third-order valence-corrected chi connectivity index (χ3v) is 3.61. The molecule has 0 aliphatic rings. The highest BCUT2D eigenvalue weighted by atomic mass is 32.2. The molecule has 0 radical (unpaired) electrons. The molecule has 7 heteroatoms. The van der Waals surface area contributed by atoms with Crippen LogP contribution in [0.15, 0.2) is 44.7 Å². The van der Waals surface area contributed by atoms with Gasteiger partial charge in [-0.05, 0) is 41.0 Å². The third-order valence-electron chi connectivity index (χ3n) is 2.67. The van der Waals surface area contributed by atoms with Crippen molar-refractivity contribution >= 4 is 17.1 Å². The monoisotopic (exact) mass is 294 g/mol. The van der Waals surface area contributed by atoms with Crippen LogP contribution in [0.4, 0.5) is 0 Å². The van der Waals surface area contributed by atoms with Gasteiger partial charge in [-0.25, -0.2) is 4.79 Å².